The topological polar surface area (TPSA) is 59.0 Å². The van der Waals surface area contributed by atoms with Crippen molar-refractivity contribution in [2.24, 2.45) is 5.73 Å². The highest BCUT2D eigenvalue weighted by molar-refractivity contribution is 5.41. The lowest BCUT2D eigenvalue weighted by Crippen LogP contribution is -2.05. The van der Waals surface area contributed by atoms with E-state index >= 15 is 0 Å². The molecule has 3 nitrogen and oxygen atoms in total. The summed E-state index contributed by atoms with van der Waals surface area (Å²) in [5.41, 5.74) is 10.1. The number of ether oxygens (including phenoxy) is 1. The average Bonchev–Trinajstić information content (AvgIpc) is 2.86. The van der Waals surface area contributed by atoms with Gasteiger partial charge in [0.15, 0.2) is 0 Å². The van der Waals surface area contributed by atoms with Gasteiger partial charge in [0, 0.05) is 11.6 Å². The molecule has 2 N–H and O–H groups in total. The molecule has 0 bridgehead atoms. The molecular formula is C17H16N2O. The normalized spacial score (nSPS) is 16.5. The van der Waals surface area contributed by atoms with Crippen LogP contribution < -0.4 is 10.5 Å². The SMILES string of the molecule is N#Cc1ccccc1COc1ccc2c(c1)CC[C@@H]2N. The number of nitriles is 1. The van der Waals surface area contributed by atoms with Crippen molar-refractivity contribution in [2.75, 3.05) is 0 Å². The number of rotatable bonds is 3. The number of benzene rings is 2. The first-order valence-electron chi connectivity index (χ1n) is 6.77. The molecule has 0 fully saturated rings. The molecule has 2 aromatic carbocycles. The molecule has 0 aromatic heterocycles. The highest BCUT2D eigenvalue weighted by Gasteiger charge is 2.19. The van der Waals surface area contributed by atoms with Crippen molar-refractivity contribution in [1.29, 1.82) is 5.26 Å². The maximum absolute atomic E-state index is 9.05. The van der Waals surface area contributed by atoms with Gasteiger partial charge in [-0.2, -0.15) is 5.26 Å². The van der Waals surface area contributed by atoms with E-state index in [1.54, 1.807) is 6.07 Å². The Kier molecular flexibility index (Phi) is 3.41. The lowest BCUT2D eigenvalue weighted by atomic mass is 10.1. The zero-order chi connectivity index (χ0) is 13.9. The van der Waals surface area contributed by atoms with E-state index in [1.165, 1.54) is 11.1 Å². The Morgan fingerprint density at radius 2 is 2.10 bits per heavy atom. The van der Waals surface area contributed by atoms with Crippen molar-refractivity contribution in [3.8, 4) is 11.8 Å². The quantitative estimate of drug-likeness (QED) is 0.926. The largest absolute Gasteiger partial charge is 0.489 e. The molecule has 20 heavy (non-hydrogen) atoms. The van der Waals surface area contributed by atoms with Gasteiger partial charge in [0.2, 0.25) is 0 Å². The second-order valence-corrected chi connectivity index (χ2v) is 5.06. The molecule has 1 aliphatic rings. The van der Waals surface area contributed by atoms with Gasteiger partial charge < -0.3 is 10.5 Å². The van der Waals surface area contributed by atoms with Gasteiger partial charge in [0.1, 0.15) is 12.4 Å². The van der Waals surface area contributed by atoms with Gasteiger partial charge in [-0.15, -0.1) is 0 Å². The predicted octanol–water partition coefficient (Wildman–Crippen LogP) is 3.08. The molecule has 0 spiro atoms. The van der Waals surface area contributed by atoms with Crippen LogP contribution in [0.25, 0.3) is 0 Å². The summed E-state index contributed by atoms with van der Waals surface area (Å²) in [5.74, 6) is 0.839. The first-order chi connectivity index (χ1) is 9.78. The summed E-state index contributed by atoms with van der Waals surface area (Å²) in [5, 5.41) is 9.05. The minimum Gasteiger partial charge on any atom is -0.489 e. The molecule has 0 unspecified atom stereocenters. The van der Waals surface area contributed by atoms with Crippen LogP contribution in [0.2, 0.25) is 0 Å². The zero-order valence-corrected chi connectivity index (χ0v) is 11.2. The fraction of sp³-hybridized carbons (Fsp3) is 0.235. The van der Waals surface area contributed by atoms with Crippen molar-refractivity contribution in [2.45, 2.75) is 25.5 Å². The monoisotopic (exact) mass is 264 g/mol. The molecule has 0 heterocycles. The maximum Gasteiger partial charge on any atom is 0.120 e. The van der Waals surface area contributed by atoms with Crippen molar-refractivity contribution in [1.82, 2.24) is 0 Å². The third kappa shape index (κ3) is 2.38. The van der Waals surface area contributed by atoms with E-state index in [-0.39, 0.29) is 6.04 Å². The van der Waals surface area contributed by atoms with Crippen LogP contribution in [-0.4, -0.2) is 0 Å². The summed E-state index contributed by atoms with van der Waals surface area (Å²) in [4.78, 5) is 0. The molecule has 0 aliphatic heterocycles. The second-order valence-electron chi connectivity index (χ2n) is 5.06. The van der Waals surface area contributed by atoms with E-state index in [0.29, 0.717) is 12.2 Å². The first kappa shape index (κ1) is 12.7. The zero-order valence-electron chi connectivity index (χ0n) is 11.2. The lowest BCUT2D eigenvalue weighted by Gasteiger charge is -2.10. The maximum atomic E-state index is 9.05. The summed E-state index contributed by atoms with van der Waals surface area (Å²) in [6.07, 6.45) is 2.03. The fourth-order valence-corrected chi connectivity index (χ4v) is 2.63. The average molecular weight is 264 g/mol. The highest BCUT2D eigenvalue weighted by Crippen LogP contribution is 2.32. The molecule has 3 rings (SSSR count). The molecule has 0 amide bonds. The van der Waals surface area contributed by atoms with Crippen LogP contribution in [0, 0.1) is 11.3 Å². The minimum atomic E-state index is 0.165. The Labute approximate surface area is 118 Å². The molecule has 1 aliphatic carbocycles. The van der Waals surface area contributed by atoms with E-state index in [2.05, 4.69) is 18.2 Å². The van der Waals surface area contributed by atoms with Gasteiger partial charge >= 0.3 is 0 Å². The predicted molar refractivity (Wildman–Crippen MR) is 77.2 cm³/mol. The Morgan fingerprint density at radius 3 is 2.95 bits per heavy atom. The summed E-state index contributed by atoms with van der Waals surface area (Å²) in [6, 6.07) is 15.9. The van der Waals surface area contributed by atoms with Gasteiger partial charge in [-0.05, 0) is 42.2 Å². The van der Waals surface area contributed by atoms with Crippen LogP contribution in [0.1, 0.15) is 34.7 Å². The third-order valence-corrected chi connectivity index (χ3v) is 3.77. The molecule has 2 aromatic rings. The van der Waals surface area contributed by atoms with Gasteiger partial charge in [-0.3, -0.25) is 0 Å². The summed E-state index contributed by atoms with van der Waals surface area (Å²) in [7, 11) is 0. The number of nitrogens with zero attached hydrogens (tertiary/aromatic N) is 1. The number of fused-ring (bicyclic) bond motifs is 1. The summed E-state index contributed by atoms with van der Waals surface area (Å²) >= 11 is 0. The molecule has 0 radical (unpaired) electrons. The van der Waals surface area contributed by atoms with Crippen LogP contribution in [0.4, 0.5) is 0 Å². The van der Waals surface area contributed by atoms with E-state index in [4.69, 9.17) is 15.7 Å². The minimum absolute atomic E-state index is 0.165. The molecule has 0 saturated carbocycles. The Bertz CT molecular complexity index is 673. The lowest BCUT2D eigenvalue weighted by molar-refractivity contribution is 0.305. The van der Waals surface area contributed by atoms with Gasteiger partial charge in [-0.25, -0.2) is 0 Å². The molecule has 100 valence electrons. The van der Waals surface area contributed by atoms with Crippen LogP contribution in [0.15, 0.2) is 42.5 Å². The van der Waals surface area contributed by atoms with E-state index in [0.717, 1.165) is 24.2 Å². The van der Waals surface area contributed by atoms with Crippen LogP contribution in [-0.2, 0) is 13.0 Å². The third-order valence-electron chi connectivity index (χ3n) is 3.77. The van der Waals surface area contributed by atoms with E-state index in [1.807, 2.05) is 24.3 Å². The molecular weight excluding hydrogens is 248 g/mol. The molecule has 1 atom stereocenters. The highest BCUT2D eigenvalue weighted by atomic mass is 16.5. The molecule has 0 saturated heterocycles. The van der Waals surface area contributed by atoms with Crippen molar-refractivity contribution < 1.29 is 4.74 Å². The smallest absolute Gasteiger partial charge is 0.120 e. The van der Waals surface area contributed by atoms with E-state index in [9.17, 15) is 0 Å². The van der Waals surface area contributed by atoms with Gasteiger partial charge in [0.25, 0.3) is 0 Å². The number of nitrogens with two attached hydrogens (primary N) is 1. The summed E-state index contributed by atoms with van der Waals surface area (Å²) < 4.78 is 5.80. The summed E-state index contributed by atoms with van der Waals surface area (Å²) in [6.45, 7) is 0.411. The van der Waals surface area contributed by atoms with Crippen molar-refractivity contribution in [3.05, 3.63) is 64.7 Å². The van der Waals surface area contributed by atoms with Gasteiger partial charge in [0.05, 0.1) is 11.6 Å². The van der Waals surface area contributed by atoms with Crippen LogP contribution >= 0.6 is 0 Å². The standard InChI is InChI=1S/C17H16N2O/c18-10-13-3-1-2-4-14(13)11-20-15-6-7-16-12(9-15)5-8-17(16)19/h1-4,6-7,9,17H,5,8,11,19H2/t17-/m0/s1. The van der Waals surface area contributed by atoms with Crippen molar-refractivity contribution in [3.63, 3.8) is 0 Å². The van der Waals surface area contributed by atoms with Crippen LogP contribution in [0.5, 0.6) is 5.75 Å². The van der Waals surface area contributed by atoms with Gasteiger partial charge in [-0.1, -0.05) is 24.3 Å². The number of hydrogen-bond donors (Lipinski definition) is 1. The second kappa shape index (κ2) is 5.36. The first-order valence-corrected chi connectivity index (χ1v) is 6.77. The fourth-order valence-electron chi connectivity index (χ4n) is 2.63. The van der Waals surface area contributed by atoms with Crippen molar-refractivity contribution >= 4 is 0 Å². The van der Waals surface area contributed by atoms with Crippen LogP contribution in [0.3, 0.4) is 0 Å². The molecule has 3 heteroatoms. The Hall–Kier alpha value is -2.31. The number of aryl methyl sites for hydroxylation is 1. The number of hydrogen-bond acceptors (Lipinski definition) is 3. The Morgan fingerprint density at radius 1 is 1.25 bits per heavy atom. The van der Waals surface area contributed by atoms with E-state index < -0.39 is 0 Å². The Balaban J connectivity index is 1.75.